The van der Waals surface area contributed by atoms with Crippen molar-refractivity contribution in [3.63, 3.8) is 0 Å². The molecule has 1 amide bonds. The molecule has 0 saturated heterocycles. The highest BCUT2D eigenvalue weighted by atomic mass is 16.5. The van der Waals surface area contributed by atoms with Crippen molar-refractivity contribution in [2.24, 2.45) is 0 Å². The number of hydrogen-bond acceptors (Lipinski definition) is 3. The molecule has 0 bridgehead atoms. The molecule has 4 heteroatoms. The molecule has 0 radical (unpaired) electrons. The number of nitrogens with one attached hydrogen (secondary N) is 1. The third-order valence-corrected chi connectivity index (χ3v) is 3.21. The van der Waals surface area contributed by atoms with E-state index in [0.29, 0.717) is 13.2 Å². The minimum Gasteiger partial charge on any atom is -0.490 e. The van der Waals surface area contributed by atoms with Gasteiger partial charge in [-0.3, -0.25) is 9.69 Å². The third-order valence-electron chi connectivity index (χ3n) is 3.21. The molecule has 120 valence electrons. The Morgan fingerprint density at radius 2 is 1.87 bits per heavy atom. The monoisotopic (exact) mass is 310 g/mol. The molecular weight excluding hydrogens is 288 g/mol. The largest absolute Gasteiger partial charge is 0.490 e. The molecule has 0 aliphatic carbocycles. The maximum Gasteiger partial charge on any atom is 0.238 e. The van der Waals surface area contributed by atoms with Gasteiger partial charge in [0.15, 0.2) is 0 Å². The number of hydrogen-bond donors (Lipinski definition) is 1. The molecule has 0 saturated carbocycles. The number of anilines is 1. The molecule has 0 spiro atoms. The van der Waals surface area contributed by atoms with Gasteiger partial charge in [0.1, 0.15) is 12.4 Å². The number of nitrogens with zero attached hydrogens (tertiary/aromatic N) is 1. The van der Waals surface area contributed by atoms with E-state index in [4.69, 9.17) is 4.74 Å². The van der Waals surface area contributed by atoms with E-state index >= 15 is 0 Å². The zero-order valence-corrected chi connectivity index (χ0v) is 13.4. The fourth-order valence-electron chi connectivity index (χ4n) is 2.19. The lowest BCUT2D eigenvalue weighted by molar-refractivity contribution is -0.117. The van der Waals surface area contributed by atoms with E-state index in [-0.39, 0.29) is 5.91 Å². The van der Waals surface area contributed by atoms with Crippen molar-refractivity contribution < 1.29 is 9.53 Å². The second-order valence-electron chi connectivity index (χ2n) is 5.33. The Morgan fingerprint density at radius 3 is 2.52 bits per heavy atom. The van der Waals surface area contributed by atoms with Crippen LogP contribution in [0.5, 0.6) is 5.75 Å². The Bertz CT molecular complexity index is 624. The zero-order chi connectivity index (χ0) is 16.5. The minimum absolute atomic E-state index is 0.0387. The van der Waals surface area contributed by atoms with Crippen molar-refractivity contribution in [1.82, 2.24) is 4.90 Å². The van der Waals surface area contributed by atoms with Gasteiger partial charge >= 0.3 is 0 Å². The van der Waals surface area contributed by atoms with Crippen LogP contribution in [-0.2, 0) is 11.3 Å². The first-order chi connectivity index (χ1) is 11.2. The van der Waals surface area contributed by atoms with Crippen LogP contribution in [0.3, 0.4) is 0 Å². The quantitative estimate of drug-likeness (QED) is 0.761. The van der Waals surface area contributed by atoms with Crippen LogP contribution in [0.1, 0.15) is 5.56 Å². The lowest BCUT2D eigenvalue weighted by Gasteiger charge is -2.16. The number of likely N-dealkylation sites (N-methyl/N-ethyl adjacent to an activating group) is 1. The van der Waals surface area contributed by atoms with Crippen LogP contribution in [0.2, 0.25) is 0 Å². The molecule has 0 unspecified atom stereocenters. The molecule has 0 aliphatic rings. The normalized spacial score (nSPS) is 10.3. The first kappa shape index (κ1) is 16.8. The summed E-state index contributed by atoms with van der Waals surface area (Å²) in [5.74, 6) is 0.715. The van der Waals surface area contributed by atoms with Crippen molar-refractivity contribution in [3.8, 4) is 5.75 Å². The molecule has 0 aromatic heterocycles. The van der Waals surface area contributed by atoms with Gasteiger partial charge in [0, 0.05) is 12.2 Å². The van der Waals surface area contributed by atoms with Crippen molar-refractivity contribution in [1.29, 1.82) is 0 Å². The molecule has 2 aromatic carbocycles. The number of amides is 1. The second-order valence-corrected chi connectivity index (χ2v) is 5.33. The van der Waals surface area contributed by atoms with Crippen molar-refractivity contribution in [2.45, 2.75) is 6.54 Å². The summed E-state index contributed by atoms with van der Waals surface area (Å²) in [7, 11) is 1.93. The van der Waals surface area contributed by atoms with E-state index in [1.807, 2.05) is 54.4 Å². The topological polar surface area (TPSA) is 41.6 Å². The molecule has 0 aliphatic heterocycles. The summed E-state index contributed by atoms with van der Waals surface area (Å²) in [6.07, 6.45) is 1.69. The SMILES string of the molecule is C=CCOc1ccc(NC(=O)CN(C)Cc2ccccc2)cc1. The standard InChI is InChI=1S/C19H22N2O2/c1-3-13-23-18-11-9-17(10-12-18)20-19(22)15-21(2)14-16-7-5-4-6-8-16/h3-12H,1,13-15H2,2H3,(H,20,22). The van der Waals surface area contributed by atoms with Gasteiger partial charge in [-0.2, -0.15) is 0 Å². The second kappa shape index (κ2) is 8.76. The summed E-state index contributed by atoms with van der Waals surface area (Å²) >= 11 is 0. The summed E-state index contributed by atoms with van der Waals surface area (Å²) < 4.78 is 5.41. The minimum atomic E-state index is -0.0387. The summed E-state index contributed by atoms with van der Waals surface area (Å²) in [6, 6.07) is 17.4. The number of ether oxygens (including phenoxy) is 1. The van der Waals surface area contributed by atoms with Crippen LogP contribution in [0, 0.1) is 0 Å². The molecule has 2 rings (SSSR count). The maximum atomic E-state index is 12.1. The Balaban J connectivity index is 1.80. The van der Waals surface area contributed by atoms with Gasteiger partial charge in [-0.1, -0.05) is 43.0 Å². The number of carbonyl (C=O) groups is 1. The van der Waals surface area contributed by atoms with Gasteiger partial charge in [-0.15, -0.1) is 0 Å². The Hall–Kier alpha value is -2.59. The first-order valence-corrected chi connectivity index (χ1v) is 7.53. The molecule has 1 N–H and O–H groups in total. The van der Waals surface area contributed by atoms with E-state index in [0.717, 1.165) is 18.0 Å². The van der Waals surface area contributed by atoms with E-state index in [9.17, 15) is 4.79 Å². The Morgan fingerprint density at radius 1 is 1.17 bits per heavy atom. The summed E-state index contributed by atoms with van der Waals surface area (Å²) in [6.45, 7) is 5.15. The molecule has 0 fully saturated rings. The smallest absolute Gasteiger partial charge is 0.238 e. The molecule has 23 heavy (non-hydrogen) atoms. The molecule has 2 aromatic rings. The first-order valence-electron chi connectivity index (χ1n) is 7.53. The average molecular weight is 310 g/mol. The van der Waals surface area contributed by atoms with Crippen LogP contribution in [-0.4, -0.2) is 31.0 Å². The van der Waals surface area contributed by atoms with E-state index in [1.54, 1.807) is 6.08 Å². The van der Waals surface area contributed by atoms with Crippen LogP contribution in [0.15, 0.2) is 67.3 Å². The van der Waals surface area contributed by atoms with Crippen molar-refractivity contribution >= 4 is 11.6 Å². The summed E-state index contributed by atoms with van der Waals surface area (Å²) in [5, 5.41) is 2.89. The molecule has 4 nitrogen and oxygen atoms in total. The van der Waals surface area contributed by atoms with E-state index < -0.39 is 0 Å². The van der Waals surface area contributed by atoms with Crippen molar-refractivity contribution in [2.75, 3.05) is 25.5 Å². The fraction of sp³-hybridized carbons (Fsp3) is 0.211. The highest BCUT2D eigenvalue weighted by molar-refractivity contribution is 5.92. The predicted molar refractivity (Wildman–Crippen MR) is 93.5 cm³/mol. The number of carbonyl (C=O) groups excluding carboxylic acids is 1. The van der Waals surface area contributed by atoms with Gasteiger partial charge in [0.2, 0.25) is 5.91 Å². The zero-order valence-electron chi connectivity index (χ0n) is 13.4. The Labute approximate surface area is 137 Å². The van der Waals surface area contributed by atoms with Gasteiger partial charge in [-0.05, 0) is 36.9 Å². The van der Waals surface area contributed by atoms with Gasteiger partial charge in [-0.25, -0.2) is 0 Å². The molecular formula is C19H22N2O2. The fourth-order valence-corrected chi connectivity index (χ4v) is 2.19. The highest BCUT2D eigenvalue weighted by Crippen LogP contribution is 2.15. The predicted octanol–water partition coefficient (Wildman–Crippen LogP) is 3.32. The van der Waals surface area contributed by atoms with Crippen LogP contribution in [0.25, 0.3) is 0 Å². The van der Waals surface area contributed by atoms with E-state index in [1.165, 1.54) is 5.56 Å². The maximum absolute atomic E-state index is 12.1. The van der Waals surface area contributed by atoms with Gasteiger partial charge in [0.25, 0.3) is 0 Å². The number of benzene rings is 2. The molecule has 0 atom stereocenters. The van der Waals surface area contributed by atoms with Crippen molar-refractivity contribution in [3.05, 3.63) is 72.8 Å². The van der Waals surface area contributed by atoms with E-state index in [2.05, 4.69) is 24.0 Å². The summed E-state index contributed by atoms with van der Waals surface area (Å²) in [5.41, 5.74) is 1.94. The Kier molecular flexibility index (Phi) is 6.39. The van der Waals surface area contributed by atoms with Crippen LogP contribution >= 0.6 is 0 Å². The van der Waals surface area contributed by atoms with Gasteiger partial charge in [0.05, 0.1) is 6.54 Å². The highest BCUT2D eigenvalue weighted by Gasteiger charge is 2.07. The van der Waals surface area contributed by atoms with Crippen LogP contribution < -0.4 is 10.1 Å². The van der Waals surface area contributed by atoms with Crippen LogP contribution in [0.4, 0.5) is 5.69 Å². The average Bonchev–Trinajstić information content (AvgIpc) is 2.55. The lowest BCUT2D eigenvalue weighted by atomic mass is 10.2. The third kappa shape index (κ3) is 5.96. The summed E-state index contributed by atoms with van der Waals surface area (Å²) in [4.78, 5) is 14.1. The number of rotatable bonds is 8. The van der Waals surface area contributed by atoms with Gasteiger partial charge < -0.3 is 10.1 Å². The lowest BCUT2D eigenvalue weighted by Crippen LogP contribution is -2.29. The molecule has 0 heterocycles.